The molecule has 16 heavy (non-hydrogen) atoms. The average molecular weight is 328 g/mol. The molecule has 4 heteroatoms. The molecule has 0 saturated heterocycles. The van der Waals surface area contributed by atoms with Crippen molar-refractivity contribution in [1.29, 1.82) is 0 Å². The zero-order valence-corrected chi connectivity index (χ0v) is 11.2. The van der Waals surface area contributed by atoms with Gasteiger partial charge >= 0.3 is 0 Å². The van der Waals surface area contributed by atoms with Gasteiger partial charge < -0.3 is 4.98 Å². The topological polar surface area (TPSA) is 45.8 Å². The van der Waals surface area contributed by atoms with Crippen LogP contribution in [-0.4, -0.2) is 9.97 Å². The maximum absolute atomic E-state index is 11.8. The van der Waals surface area contributed by atoms with Crippen molar-refractivity contribution in [2.45, 2.75) is 26.2 Å². The Kier molecular flexibility index (Phi) is 3.58. The molecule has 0 aliphatic carbocycles. The number of aryl methyl sites for hydroxylation is 1. The summed E-state index contributed by atoms with van der Waals surface area (Å²) in [6.45, 7) is 2.13. The van der Waals surface area contributed by atoms with Gasteiger partial charge in [0.15, 0.2) is 0 Å². The summed E-state index contributed by atoms with van der Waals surface area (Å²) in [4.78, 5) is 19.1. The van der Waals surface area contributed by atoms with E-state index in [0.29, 0.717) is 5.39 Å². The number of rotatable bonds is 3. The van der Waals surface area contributed by atoms with E-state index in [1.807, 2.05) is 18.2 Å². The molecule has 0 spiro atoms. The molecule has 1 heterocycles. The Morgan fingerprint density at radius 1 is 1.44 bits per heavy atom. The largest absolute Gasteiger partial charge is 0.310 e. The number of fused-ring (bicyclic) bond motifs is 1. The predicted octanol–water partition coefficient (Wildman–Crippen LogP) is 2.87. The first-order valence-corrected chi connectivity index (χ1v) is 6.47. The van der Waals surface area contributed by atoms with Crippen LogP contribution in [0.15, 0.2) is 23.0 Å². The lowest BCUT2D eigenvalue weighted by Crippen LogP contribution is -2.12. The number of halogens is 1. The monoisotopic (exact) mass is 328 g/mol. The molecule has 0 radical (unpaired) electrons. The Hall–Kier alpha value is -0.910. The van der Waals surface area contributed by atoms with E-state index >= 15 is 0 Å². The standard InChI is InChI=1S/C12H13IN2O/c1-2-3-4-11-14-10-6-5-8(13)7-9(10)12(16)15-11/h5-7H,2-4H2,1H3,(H,14,15,16). The summed E-state index contributed by atoms with van der Waals surface area (Å²) in [5.74, 6) is 0.792. The Bertz CT molecular complexity index is 562. The molecular formula is C12H13IN2O. The van der Waals surface area contributed by atoms with Gasteiger partial charge in [0.1, 0.15) is 5.82 Å². The first-order valence-electron chi connectivity index (χ1n) is 5.39. The van der Waals surface area contributed by atoms with Crippen LogP contribution in [0, 0.1) is 3.57 Å². The highest BCUT2D eigenvalue weighted by atomic mass is 127. The van der Waals surface area contributed by atoms with Crippen LogP contribution in [-0.2, 0) is 6.42 Å². The number of unbranched alkanes of at least 4 members (excludes halogenated alkanes) is 1. The zero-order valence-electron chi connectivity index (χ0n) is 9.09. The fraction of sp³-hybridized carbons (Fsp3) is 0.333. The second kappa shape index (κ2) is 4.95. The molecule has 0 aliphatic rings. The van der Waals surface area contributed by atoms with Crippen LogP contribution in [0.4, 0.5) is 0 Å². The summed E-state index contributed by atoms with van der Waals surface area (Å²) in [6.07, 6.45) is 3.00. The number of aromatic amines is 1. The first kappa shape index (κ1) is 11.6. The summed E-state index contributed by atoms with van der Waals surface area (Å²) in [5, 5.41) is 0.673. The molecule has 0 unspecified atom stereocenters. The van der Waals surface area contributed by atoms with Crippen LogP contribution < -0.4 is 5.56 Å². The van der Waals surface area contributed by atoms with E-state index in [9.17, 15) is 4.79 Å². The molecule has 1 aromatic heterocycles. The van der Waals surface area contributed by atoms with Crippen molar-refractivity contribution >= 4 is 33.5 Å². The molecule has 1 aromatic carbocycles. The van der Waals surface area contributed by atoms with Gasteiger partial charge in [0.05, 0.1) is 10.9 Å². The smallest absolute Gasteiger partial charge is 0.258 e. The lowest BCUT2D eigenvalue weighted by molar-refractivity contribution is 0.753. The van der Waals surface area contributed by atoms with Gasteiger partial charge in [0.2, 0.25) is 0 Å². The lowest BCUT2D eigenvalue weighted by Gasteiger charge is -2.02. The fourth-order valence-corrected chi connectivity index (χ4v) is 2.11. The summed E-state index contributed by atoms with van der Waals surface area (Å²) in [5.41, 5.74) is 0.755. The minimum absolute atomic E-state index is 0.0328. The Morgan fingerprint density at radius 3 is 3.00 bits per heavy atom. The van der Waals surface area contributed by atoms with Gasteiger partial charge in [-0.3, -0.25) is 4.79 Å². The summed E-state index contributed by atoms with van der Waals surface area (Å²) >= 11 is 2.20. The van der Waals surface area contributed by atoms with Crippen LogP contribution >= 0.6 is 22.6 Å². The van der Waals surface area contributed by atoms with Crippen molar-refractivity contribution in [1.82, 2.24) is 9.97 Å². The number of H-pyrrole nitrogens is 1. The normalized spacial score (nSPS) is 10.9. The minimum Gasteiger partial charge on any atom is -0.310 e. The molecule has 2 aromatic rings. The average Bonchev–Trinajstić information content (AvgIpc) is 2.27. The number of hydrogen-bond acceptors (Lipinski definition) is 2. The molecule has 3 nitrogen and oxygen atoms in total. The number of aromatic nitrogens is 2. The van der Waals surface area contributed by atoms with Gasteiger partial charge in [-0.05, 0) is 47.2 Å². The number of hydrogen-bond donors (Lipinski definition) is 1. The summed E-state index contributed by atoms with van der Waals surface area (Å²) < 4.78 is 1.05. The SMILES string of the molecule is CCCCc1nc2ccc(I)cc2c(=O)[nH]1. The molecule has 84 valence electrons. The third-order valence-electron chi connectivity index (χ3n) is 2.48. The van der Waals surface area contributed by atoms with Crippen molar-refractivity contribution < 1.29 is 0 Å². The maximum Gasteiger partial charge on any atom is 0.258 e. The van der Waals surface area contributed by atoms with Gasteiger partial charge in [-0.1, -0.05) is 13.3 Å². The van der Waals surface area contributed by atoms with Gasteiger partial charge in [0, 0.05) is 9.99 Å². The van der Waals surface area contributed by atoms with Crippen LogP contribution in [0.5, 0.6) is 0 Å². The molecule has 1 N–H and O–H groups in total. The fourth-order valence-electron chi connectivity index (χ4n) is 1.62. The van der Waals surface area contributed by atoms with Crippen molar-refractivity contribution in [2.24, 2.45) is 0 Å². The Balaban J connectivity index is 2.51. The van der Waals surface area contributed by atoms with E-state index in [1.54, 1.807) is 0 Å². The van der Waals surface area contributed by atoms with Crippen molar-refractivity contribution in [3.63, 3.8) is 0 Å². The molecule has 0 atom stereocenters. The Labute approximate surface area is 107 Å². The van der Waals surface area contributed by atoms with Crippen LogP contribution in [0.3, 0.4) is 0 Å². The van der Waals surface area contributed by atoms with Gasteiger partial charge in [-0.25, -0.2) is 4.98 Å². The molecular weight excluding hydrogens is 315 g/mol. The molecule has 0 bridgehead atoms. The summed E-state index contributed by atoms with van der Waals surface area (Å²) in [7, 11) is 0. The van der Waals surface area contributed by atoms with Crippen LogP contribution in [0.2, 0.25) is 0 Å². The Morgan fingerprint density at radius 2 is 2.25 bits per heavy atom. The number of nitrogens with one attached hydrogen (secondary N) is 1. The van der Waals surface area contributed by atoms with E-state index in [2.05, 4.69) is 39.5 Å². The van der Waals surface area contributed by atoms with Crippen molar-refractivity contribution in [3.8, 4) is 0 Å². The number of nitrogens with zero attached hydrogens (tertiary/aromatic N) is 1. The van der Waals surface area contributed by atoms with E-state index in [4.69, 9.17) is 0 Å². The first-order chi connectivity index (χ1) is 7.70. The van der Waals surface area contributed by atoms with E-state index < -0.39 is 0 Å². The highest BCUT2D eigenvalue weighted by molar-refractivity contribution is 14.1. The molecule has 0 saturated carbocycles. The van der Waals surface area contributed by atoms with Crippen LogP contribution in [0.1, 0.15) is 25.6 Å². The highest BCUT2D eigenvalue weighted by Gasteiger charge is 2.03. The molecule has 0 fully saturated rings. The highest BCUT2D eigenvalue weighted by Crippen LogP contribution is 2.12. The van der Waals surface area contributed by atoms with Gasteiger partial charge in [-0.2, -0.15) is 0 Å². The molecule has 2 rings (SSSR count). The minimum atomic E-state index is -0.0328. The van der Waals surface area contributed by atoms with E-state index in [-0.39, 0.29) is 5.56 Å². The lowest BCUT2D eigenvalue weighted by atomic mass is 10.2. The number of benzene rings is 1. The summed E-state index contributed by atoms with van der Waals surface area (Å²) in [6, 6.07) is 5.74. The second-order valence-electron chi connectivity index (χ2n) is 3.78. The predicted molar refractivity (Wildman–Crippen MR) is 73.7 cm³/mol. The molecule has 0 aliphatic heterocycles. The van der Waals surface area contributed by atoms with E-state index in [0.717, 1.165) is 34.2 Å². The molecule has 0 amide bonds. The third-order valence-corrected chi connectivity index (χ3v) is 3.15. The van der Waals surface area contributed by atoms with Crippen molar-refractivity contribution in [3.05, 3.63) is 37.9 Å². The quantitative estimate of drug-likeness (QED) is 0.881. The zero-order chi connectivity index (χ0) is 11.5. The van der Waals surface area contributed by atoms with Crippen molar-refractivity contribution in [2.75, 3.05) is 0 Å². The second-order valence-corrected chi connectivity index (χ2v) is 5.02. The van der Waals surface area contributed by atoms with Crippen LogP contribution in [0.25, 0.3) is 10.9 Å². The van der Waals surface area contributed by atoms with E-state index in [1.165, 1.54) is 0 Å². The maximum atomic E-state index is 11.8. The third kappa shape index (κ3) is 2.42. The van der Waals surface area contributed by atoms with Gasteiger partial charge in [-0.15, -0.1) is 0 Å². The van der Waals surface area contributed by atoms with Gasteiger partial charge in [0.25, 0.3) is 5.56 Å².